The fourth-order valence-electron chi connectivity index (χ4n) is 3.59. The monoisotopic (exact) mass is 379 g/mol. The Morgan fingerprint density at radius 2 is 1.20 bits per heavy atom. The molecule has 0 radical (unpaired) electrons. The molecule has 1 nitrogen and oxygen atoms in total. The molecule has 1 unspecified atom stereocenters. The van der Waals surface area contributed by atoms with Crippen molar-refractivity contribution in [2.75, 3.05) is 19.6 Å². The number of rotatable bonds is 11. The second-order valence-corrected chi connectivity index (χ2v) is 6.80. The zero-order valence-electron chi connectivity index (χ0n) is 15.8. The van der Waals surface area contributed by atoms with Gasteiger partial charge in [0.05, 0.1) is 19.6 Å². The van der Waals surface area contributed by atoms with Gasteiger partial charge in [-0.05, 0) is 19.3 Å². The Morgan fingerprint density at radius 3 is 1.52 bits per heavy atom. The predicted molar refractivity (Wildman–Crippen MR) is 94.8 cm³/mol. The number of hydrogen-bond acceptors (Lipinski definition) is 0. The lowest BCUT2D eigenvalue weighted by Gasteiger charge is -2.46. The normalized spacial score (nSPS) is 13.4. The summed E-state index contributed by atoms with van der Waals surface area (Å²) in [5.74, 6) is 0. The first-order valence-corrected chi connectivity index (χ1v) is 9.38. The summed E-state index contributed by atoms with van der Waals surface area (Å²) >= 11 is 0. The van der Waals surface area contributed by atoms with Gasteiger partial charge in [0.2, 0.25) is 6.04 Å². The molecule has 0 aliphatic carbocycles. The molecule has 0 spiro atoms. The second-order valence-electron chi connectivity index (χ2n) is 6.80. The van der Waals surface area contributed by atoms with E-state index in [4.69, 9.17) is 0 Å². The summed E-state index contributed by atoms with van der Waals surface area (Å²) in [4.78, 5) is 0. The van der Waals surface area contributed by atoms with Crippen LogP contribution in [0.4, 0.5) is 13.2 Å². The van der Waals surface area contributed by atoms with Crippen LogP contribution in [-0.4, -0.2) is 30.3 Å². The number of unbranched alkanes of at least 4 members (excludes halogenated alkanes) is 3. The van der Waals surface area contributed by atoms with Crippen molar-refractivity contribution in [3.8, 4) is 0 Å². The average Bonchev–Trinajstić information content (AvgIpc) is 2.55. The molecule has 0 heterocycles. The quantitative estimate of drug-likeness (QED) is 0.516. The van der Waals surface area contributed by atoms with Crippen LogP contribution in [0, 0.1) is 0 Å². The van der Waals surface area contributed by atoms with Crippen LogP contribution in [0.1, 0.15) is 70.9 Å². The number of quaternary nitrogens is 1. The van der Waals surface area contributed by atoms with Crippen LogP contribution >= 0.6 is 0 Å². The van der Waals surface area contributed by atoms with E-state index >= 15 is 0 Å². The fraction of sp³-hybridized carbons (Fsp3) is 0.700. The smallest absolute Gasteiger partial charge is 0.445 e. The molecule has 5 heteroatoms. The minimum Gasteiger partial charge on any atom is -1.00 e. The molecule has 1 atom stereocenters. The van der Waals surface area contributed by atoms with Gasteiger partial charge in [-0.15, -0.1) is 0 Å². The summed E-state index contributed by atoms with van der Waals surface area (Å²) in [5.41, 5.74) is 0.410. The second kappa shape index (κ2) is 11.8. The molecule has 1 rings (SSSR count). The Kier molecular flexibility index (Phi) is 11.4. The van der Waals surface area contributed by atoms with Crippen LogP contribution in [0.5, 0.6) is 0 Å². The highest BCUT2D eigenvalue weighted by molar-refractivity contribution is 5.19. The van der Waals surface area contributed by atoms with E-state index in [-0.39, 0.29) is 16.9 Å². The zero-order chi connectivity index (χ0) is 18.1. The third-order valence-corrected chi connectivity index (χ3v) is 4.84. The molecular formula is C20H33ClF3N. The third kappa shape index (κ3) is 7.18. The van der Waals surface area contributed by atoms with E-state index in [2.05, 4.69) is 20.8 Å². The van der Waals surface area contributed by atoms with Crippen LogP contribution in [0.3, 0.4) is 0 Å². The summed E-state index contributed by atoms with van der Waals surface area (Å²) in [7, 11) is 0. The van der Waals surface area contributed by atoms with Crippen LogP contribution in [0.2, 0.25) is 0 Å². The minimum atomic E-state index is -4.23. The molecule has 1 aromatic rings. The molecule has 0 fully saturated rings. The summed E-state index contributed by atoms with van der Waals surface area (Å²) in [6.07, 6.45) is 1.08. The van der Waals surface area contributed by atoms with Crippen molar-refractivity contribution in [1.82, 2.24) is 0 Å². The standard InChI is InChI=1S/C20H33F3N.ClH/c1-4-7-15-24(16-8-5-2,17-9-6-3)19(20(21,22)23)18-13-11-10-12-14-18;/h10-14,19H,4-9,15-17H2,1-3H3;1H/q+1;/p-1. The first-order chi connectivity index (χ1) is 11.4. The Labute approximate surface area is 157 Å². The van der Waals surface area contributed by atoms with Crippen molar-refractivity contribution in [1.29, 1.82) is 0 Å². The third-order valence-electron chi connectivity index (χ3n) is 4.84. The molecular weight excluding hydrogens is 347 g/mol. The van der Waals surface area contributed by atoms with Crippen molar-refractivity contribution in [3.63, 3.8) is 0 Å². The van der Waals surface area contributed by atoms with E-state index in [0.717, 1.165) is 38.5 Å². The summed E-state index contributed by atoms with van der Waals surface area (Å²) in [6, 6.07) is 7.12. The molecule has 0 saturated heterocycles. The Morgan fingerprint density at radius 1 is 0.800 bits per heavy atom. The Hall–Kier alpha value is -0.740. The minimum absolute atomic E-state index is 0. The number of benzene rings is 1. The van der Waals surface area contributed by atoms with Crippen molar-refractivity contribution in [2.45, 2.75) is 71.5 Å². The molecule has 146 valence electrons. The van der Waals surface area contributed by atoms with Crippen molar-refractivity contribution < 1.29 is 30.1 Å². The number of alkyl halides is 3. The van der Waals surface area contributed by atoms with Crippen molar-refractivity contribution in [2.24, 2.45) is 0 Å². The SMILES string of the molecule is CCCC[N+](CCCC)(CCCC)C(c1ccccc1)C(F)(F)F.[Cl-]. The lowest BCUT2D eigenvalue weighted by atomic mass is 9.98. The van der Waals surface area contributed by atoms with Gasteiger partial charge in [0.1, 0.15) is 0 Å². The molecule has 0 amide bonds. The summed E-state index contributed by atoms with van der Waals surface area (Å²) in [5, 5.41) is 0. The Balaban J connectivity index is 0.00000576. The Bertz CT molecular complexity index is 426. The van der Waals surface area contributed by atoms with Crippen molar-refractivity contribution in [3.05, 3.63) is 35.9 Å². The van der Waals surface area contributed by atoms with Gasteiger partial charge in [-0.1, -0.05) is 70.4 Å². The maximum absolute atomic E-state index is 14.2. The molecule has 0 saturated carbocycles. The lowest BCUT2D eigenvalue weighted by molar-refractivity contribution is -0.968. The van der Waals surface area contributed by atoms with Gasteiger partial charge in [0, 0.05) is 5.56 Å². The molecule has 25 heavy (non-hydrogen) atoms. The zero-order valence-corrected chi connectivity index (χ0v) is 16.5. The highest BCUT2D eigenvalue weighted by Crippen LogP contribution is 2.43. The van der Waals surface area contributed by atoms with Gasteiger partial charge >= 0.3 is 6.18 Å². The first-order valence-electron chi connectivity index (χ1n) is 9.38. The largest absolute Gasteiger partial charge is 1.00 e. The molecule has 0 aliphatic rings. The topological polar surface area (TPSA) is 0 Å². The number of nitrogens with zero attached hydrogens (tertiary/aromatic N) is 1. The molecule has 1 aromatic carbocycles. The maximum Gasteiger partial charge on any atom is 0.445 e. The van der Waals surface area contributed by atoms with E-state index in [1.54, 1.807) is 30.3 Å². The molecule has 0 aliphatic heterocycles. The molecule has 0 N–H and O–H groups in total. The van der Waals surface area contributed by atoms with E-state index < -0.39 is 12.2 Å². The van der Waals surface area contributed by atoms with Crippen LogP contribution in [0.15, 0.2) is 30.3 Å². The number of hydrogen-bond donors (Lipinski definition) is 0. The summed E-state index contributed by atoms with van der Waals surface area (Å²) < 4.78 is 42.7. The van der Waals surface area contributed by atoms with Gasteiger partial charge < -0.3 is 16.9 Å². The van der Waals surface area contributed by atoms with Gasteiger partial charge in [-0.25, -0.2) is 0 Å². The van der Waals surface area contributed by atoms with Gasteiger partial charge in [-0.3, -0.25) is 0 Å². The van der Waals surface area contributed by atoms with Crippen LogP contribution < -0.4 is 12.4 Å². The van der Waals surface area contributed by atoms with Gasteiger partial charge in [0.15, 0.2) is 0 Å². The van der Waals surface area contributed by atoms with Crippen LogP contribution in [-0.2, 0) is 0 Å². The number of halogens is 4. The fourth-order valence-corrected chi connectivity index (χ4v) is 3.59. The van der Waals surface area contributed by atoms with Crippen LogP contribution in [0.25, 0.3) is 0 Å². The highest BCUT2D eigenvalue weighted by atomic mass is 35.5. The maximum atomic E-state index is 14.2. The summed E-state index contributed by atoms with van der Waals surface area (Å²) in [6.45, 7) is 7.99. The lowest BCUT2D eigenvalue weighted by Crippen LogP contribution is -3.00. The van der Waals surface area contributed by atoms with E-state index in [9.17, 15) is 13.2 Å². The van der Waals surface area contributed by atoms with E-state index in [1.165, 1.54) is 0 Å². The van der Waals surface area contributed by atoms with Gasteiger partial charge in [0.25, 0.3) is 0 Å². The average molecular weight is 380 g/mol. The highest BCUT2D eigenvalue weighted by Gasteiger charge is 2.54. The first kappa shape index (κ1) is 24.3. The van der Waals surface area contributed by atoms with E-state index in [1.807, 2.05) is 0 Å². The predicted octanol–water partition coefficient (Wildman–Crippen LogP) is 3.51. The van der Waals surface area contributed by atoms with Crippen molar-refractivity contribution >= 4 is 0 Å². The molecule has 0 aromatic heterocycles. The molecule has 0 bridgehead atoms. The van der Waals surface area contributed by atoms with E-state index in [0.29, 0.717) is 25.2 Å². The van der Waals surface area contributed by atoms with Gasteiger partial charge in [-0.2, -0.15) is 13.2 Å².